The highest BCUT2D eigenvalue weighted by Gasteiger charge is 2.15. The van der Waals surface area contributed by atoms with Crippen LogP contribution in [0.4, 0.5) is 0 Å². The lowest BCUT2D eigenvalue weighted by molar-refractivity contribution is 0.0975. The molecule has 0 unspecified atom stereocenters. The SMILES string of the molecule is CC(C)Oc1cccc(C(=O)NC(=S)NC2CCCCC2)c1. The molecule has 22 heavy (non-hydrogen) atoms. The Morgan fingerprint density at radius 3 is 2.68 bits per heavy atom. The van der Waals surface area contributed by atoms with Crippen LogP contribution in [0.15, 0.2) is 24.3 Å². The largest absolute Gasteiger partial charge is 0.491 e. The zero-order valence-corrected chi connectivity index (χ0v) is 14.0. The van der Waals surface area contributed by atoms with Gasteiger partial charge in [0, 0.05) is 11.6 Å². The molecular weight excluding hydrogens is 296 g/mol. The van der Waals surface area contributed by atoms with Crippen LogP contribution < -0.4 is 15.4 Å². The minimum absolute atomic E-state index is 0.0763. The second-order valence-corrected chi connectivity index (χ2v) is 6.37. The van der Waals surface area contributed by atoms with Gasteiger partial charge in [-0.15, -0.1) is 0 Å². The molecule has 1 saturated carbocycles. The smallest absolute Gasteiger partial charge is 0.257 e. The predicted molar refractivity (Wildman–Crippen MR) is 92.3 cm³/mol. The van der Waals surface area contributed by atoms with Gasteiger partial charge in [-0.2, -0.15) is 0 Å². The Morgan fingerprint density at radius 2 is 2.00 bits per heavy atom. The molecule has 0 radical (unpaired) electrons. The van der Waals surface area contributed by atoms with Crippen LogP contribution in [0.2, 0.25) is 0 Å². The summed E-state index contributed by atoms with van der Waals surface area (Å²) >= 11 is 5.24. The third kappa shape index (κ3) is 5.30. The molecule has 0 bridgehead atoms. The Bertz CT molecular complexity index is 525. The molecule has 5 heteroatoms. The number of rotatable bonds is 4. The second-order valence-electron chi connectivity index (χ2n) is 5.96. The number of thiocarbonyl (C=S) groups is 1. The average Bonchev–Trinajstić information content (AvgIpc) is 2.47. The molecule has 1 fully saturated rings. The van der Waals surface area contributed by atoms with E-state index < -0.39 is 0 Å². The highest BCUT2D eigenvalue weighted by Crippen LogP contribution is 2.17. The number of carbonyl (C=O) groups is 1. The van der Waals surface area contributed by atoms with Gasteiger partial charge in [-0.1, -0.05) is 25.3 Å². The first-order chi connectivity index (χ1) is 10.5. The van der Waals surface area contributed by atoms with Gasteiger partial charge in [0.05, 0.1) is 6.10 Å². The van der Waals surface area contributed by atoms with Crippen LogP contribution in [-0.2, 0) is 0 Å². The number of nitrogens with one attached hydrogen (secondary N) is 2. The number of hydrogen-bond donors (Lipinski definition) is 2. The number of carbonyl (C=O) groups excluding carboxylic acids is 1. The molecule has 0 spiro atoms. The predicted octanol–water partition coefficient (Wildman–Crippen LogP) is 3.41. The van der Waals surface area contributed by atoms with Gasteiger partial charge >= 0.3 is 0 Å². The molecule has 120 valence electrons. The van der Waals surface area contributed by atoms with Crippen LogP contribution in [0.1, 0.15) is 56.3 Å². The third-order valence-corrected chi connectivity index (χ3v) is 3.86. The van der Waals surface area contributed by atoms with Crippen molar-refractivity contribution in [3.8, 4) is 5.75 Å². The Labute approximate surface area is 137 Å². The number of benzene rings is 1. The highest BCUT2D eigenvalue weighted by atomic mass is 32.1. The quantitative estimate of drug-likeness (QED) is 0.835. The van der Waals surface area contributed by atoms with Crippen LogP contribution in [0.5, 0.6) is 5.75 Å². The van der Waals surface area contributed by atoms with Crippen molar-refractivity contribution in [2.24, 2.45) is 0 Å². The lowest BCUT2D eigenvalue weighted by Crippen LogP contribution is -2.45. The fourth-order valence-electron chi connectivity index (χ4n) is 2.63. The Hall–Kier alpha value is -1.62. The average molecular weight is 320 g/mol. The molecular formula is C17H24N2O2S. The zero-order valence-electron chi connectivity index (χ0n) is 13.2. The number of ether oxygens (including phenoxy) is 1. The maximum Gasteiger partial charge on any atom is 0.257 e. The monoisotopic (exact) mass is 320 g/mol. The molecule has 1 aromatic rings. The van der Waals surface area contributed by atoms with Gasteiger partial charge in [-0.05, 0) is 57.1 Å². The first-order valence-electron chi connectivity index (χ1n) is 7.93. The van der Waals surface area contributed by atoms with Crippen molar-refractivity contribution in [2.45, 2.75) is 58.1 Å². The van der Waals surface area contributed by atoms with E-state index in [2.05, 4.69) is 10.6 Å². The van der Waals surface area contributed by atoms with Gasteiger partial charge in [0.1, 0.15) is 5.75 Å². The third-order valence-electron chi connectivity index (χ3n) is 3.64. The standard InChI is InChI=1S/C17H24N2O2S/c1-12(2)21-15-10-6-7-13(11-15)16(20)19-17(22)18-14-8-4-3-5-9-14/h6-7,10-12,14H,3-5,8-9H2,1-2H3,(H2,18,19,20,22). The van der Waals surface area contributed by atoms with Crippen molar-refractivity contribution < 1.29 is 9.53 Å². The molecule has 0 saturated heterocycles. The van der Waals surface area contributed by atoms with E-state index in [0.29, 0.717) is 22.5 Å². The summed E-state index contributed by atoms with van der Waals surface area (Å²) < 4.78 is 5.60. The molecule has 0 aliphatic heterocycles. The van der Waals surface area contributed by atoms with E-state index in [1.54, 1.807) is 12.1 Å². The lowest BCUT2D eigenvalue weighted by atomic mass is 9.96. The molecule has 1 aromatic carbocycles. The number of hydrogen-bond acceptors (Lipinski definition) is 3. The lowest BCUT2D eigenvalue weighted by Gasteiger charge is -2.24. The Kier molecular flexibility index (Phi) is 6.19. The van der Waals surface area contributed by atoms with E-state index in [9.17, 15) is 4.79 Å². The Balaban J connectivity index is 1.89. The van der Waals surface area contributed by atoms with E-state index in [-0.39, 0.29) is 12.0 Å². The summed E-state index contributed by atoms with van der Waals surface area (Å²) in [5.41, 5.74) is 0.547. The van der Waals surface area contributed by atoms with Crippen LogP contribution in [0, 0.1) is 0 Å². The summed E-state index contributed by atoms with van der Waals surface area (Å²) in [6.45, 7) is 3.91. The molecule has 0 atom stereocenters. The van der Waals surface area contributed by atoms with Crippen molar-refractivity contribution in [3.05, 3.63) is 29.8 Å². The van der Waals surface area contributed by atoms with Gasteiger partial charge in [-0.3, -0.25) is 10.1 Å². The Morgan fingerprint density at radius 1 is 1.27 bits per heavy atom. The maximum absolute atomic E-state index is 12.2. The molecule has 4 nitrogen and oxygen atoms in total. The van der Waals surface area contributed by atoms with Crippen LogP contribution >= 0.6 is 12.2 Å². The van der Waals surface area contributed by atoms with Crippen LogP contribution in [0.25, 0.3) is 0 Å². The van der Waals surface area contributed by atoms with Crippen molar-refractivity contribution in [1.82, 2.24) is 10.6 Å². The van der Waals surface area contributed by atoms with E-state index in [1.165, 1.54) is 19.3 Å². The second kappa shape index (κ2) is 8.13. The summed E-state index contributed by atoms with van der Waals surface area (Å²) in [5.74, 6) is 0.483. The minimum atomic E-state index is -0.206. The topological polar surface area (TPSA) is 50.4 Å². The van der Waals surface area contributed by atoms with Crippen LogP contribution in [0.3, 0.4) is 0 Å². The zero-order chi connectivity index (χ0) is 15.9. The summed E-state index contributed by atoms with van der Waals surface area (Å²) in [6.07, 6.45) is 6.06. The van der Waals surface area contributed by atoms with Gasteiger partial charge in [0.25, 0.3) is 5.91 Å². The molecule has 1 amide bonds. The molecule has 1 aliphatic carbocycles. The summed E-state index contributed by atoms with van der Waals surface area (Å²) in [7, 11) is 0. The van der Waals surface area contributed by atoms with Crippen molar-refractivity contribution >= 4 is 23.2 Å². The molecule has 2 N–H and O–H groups in total. The maximum atomic E-state index is 12.2. The molecule has 1 aliphatic rings. The van der Waals surface area contributed by atoms with Crippen LogP contribution in [-0.4, -0.2) is 23.2 Å². The molecule has 0 heterocycles. The fraction of sp³-hybridized carbons (Fsp3) is 0.529. The normalized spacial score (nSPS) is 15.4. The van der Waals surface area contributed by atoms with Gasteiger partial charge in [0.2, 0.25) is 0 Å². The highest BCUT2D eigenvalue weighted by molar-refractivity contribution is 7.80. The van der Waals surface area contributed by atoms with Crippen molar-refractivity contribution in [2.75, 3.05) is 0 Å². The molecule has 0 aromatic heterocycles. The van der Waals surface area contributed by atoms with E-state index >= 15 is 0 Å². The van der Waals surface area contributed by atoms with Gasteiger partial charge in [-0.25, -0.2) is 0 Å². The van der Waals surface area contributed by atoms with Gasteiger partial charge in [0.15, 0.2) is 5.11 Å². The first kappa shape index (κ1) is 16.7. The van der Waals surface area contributed by atoms with E-state index in [1.807, 2.05) is 26.0 Å². The van der Waals surface area contributed by atoms with E-state index in [0.717, 1.165) is 12.8 Å². The first-order valence-corrected chi connectivity index (χ1v) is 8.34. The van der Waals surface area contributed by atoms with Crippen molar-refractivity contribution in [3.63, 3.8) is 0 Å². The number of amides is 1. The van der Waals surface area contributed by atoms with Gasteiger partial charge < -0.3 is 10.1 Å². The van der Waals surface area contributed by atoms with Crippen molar-refractivity contribution in [1.29, 1.82) is 0 Å². The molecule has 2 rings (SSSR count). The fourth-order valence-corrected chi connectivity index (χ4v) is 2.89. The minimum Gasteiger partial charge on any atom is -0.491 e. The summed E-state index contributed by atoms with van der Waals surface area (Å²) in [5, 5.41) is 6.39. The van der Waals surface area contributed by atoms with E-state index in [4.69, 9.17) is 17.0 Å². The summed E-state index contributed by atoms with van der Waals surface area (Å²) in [6, 6.07) is 7.53. The summed E-state index contributed by atoms with van der Waals surface area (Å²) in [4.78, 5) is 12.2.